The van der Waals surface area contributed by atoms with Crippen LogP contribution >= 0.6 is 0 Å². The highest BCUT2D eigenvalue weighted by atomic mass is 16.6. The fourth-order valence-corrected chi connectivity index (χ4v) is 5.02. The number of carbonyl (C=O) groups excluding carboxylic acids is 2. The van der Waals surface area contributed by atoms with Gasteiger partial charge in [0.1, 0.15) is 18.0 Å². The number of aliphatic hydroxyl groups excluding tert-OH is 1. The number of aliphatic hydroxyl groups is 1. The first-order valence-corrected chi connectivity index (χ1v) is 9.92. The molecule has 5 atom stereocenters. The second-order valence-corrected chi connectivity index (χ2v) is 8.29. The monoisotopic (exact) mass is 390 g/mol. The van der Waals surface area contributed by atoms with Crippen LogP contribution < -0.4 is 0 Å². The quantitative estimate of drug-likeness (QED) is 0.624. The summed E-state index contributed by atoms with van der Waals surface area (Å²) in [5, 5.41) is 10.3. The van der Waals surface area contributed by atoms with Crippen molar-refractivity contribution in [3.05, 3.63) is 34.8 Å². The molecular weight excluding hydrogens is 360 g/mol. The molecule has 1 saturated carbocycles. The van der Waals surface area contributed by atoms with Crippen molar-refractivity contribution < 1.29 is 28.6 Å². The van der Waals surface area contributed by atoms with E-state index < -0.39 is 17.6 Å². The molecule has 6 nitrogen and oxygen atoms in total. The highest BCUT2D eigenvalue weighted by Crippen LogP contribution is 2.60. The normalized spacial score (nSPS) is 32.3. The fourth-order valence-electron chi connectivity index (χ4n) is 5.02. The molecule has 0 aromatic carbocycles. The first-order valence-electron chi connectivity index (χ1n) is 9.92. The first-order chi connectivity index (χ1) is 13.2. The van der Waals surface area contributed by atoms with E-state index in [4.69, 9.17) is 13.9 Å². The van der Waals surface area contributed by atoms with Gasteiger partial charge in [0.2, 0.25) is 0 Å². The van der Waals surface area contributed by atoms with E-state index in [1.807, 2.05) is 13.8 Å². The fraction of sp³-hybridized carbons (Fsp3) is 0.636. The Bertz CT molecular complexity index is 791. The third kappa shape index (κ3) is 3.28. The van der Waals surface area contributed by atoms with Crippen LogP contribution in [0.5, 0.6) is 0 Å². The minimum atomic E-state index is -0.560. The first kappa shape index (κ1) is 20.6. The van der Waals surface area contributed by atoms with Crippen molar-refractivity contribution in [2.75, 3.05) is 6.61 Å². The summed E-state index contributed by atoms with van der Waals surface area (Å²) in [5.41, 5.74) is 1.80. The molecule has 6 heteroatoms. The molecule has 1 N–H and O–H groups in total. The molecule has 1 heterocycles. The average Bonchev–Trinajstić information content (AvgIpc) is 3.01. The highest BCUT2D eigenvalue weighted by Gasteiger charge is 2.59. The lowest BCUT2D eigenvalue weighted by atomic mass is 9.53. The summed E-state index contributed by atoms with van der Waals surface area (Å²) in [7, 11) is 0. The molecule has 3 rings (SSSR count). The van der Waals surface area contributed by atoms with Gasteiger partial charge in [-0.3, -0.25) is 4.79 Å². The molecule has 2 aliphatic carbocycles. The van der Waals surface area contributed by atoms with Crippen molar-refractivity contribution in [1.29, 1.82) is 0 Å². The van der Waals surface area contributed by atoms with Gasteiger partial charge < -0.3 is 19.0 Å². The summed E-state index contributed by atoms with van der Waals surface area (Å²) < 4.78 is 17.4. The smallest absolute Gasteiger partial charge is 0.333 e. The molecule has 0 bridgehead atoms. The lowest BCUT2D eigenvalue weighted by molar-refractivity contribution is -0.192. The largest absolute Gasteiger partial charge is 0.469 e. The number of allylic oxidation sites excluding steroid dienone is 1. The van der Waals surface area contributed by atoms with Crippen molar-refractivity contribution in [3.8, 4) is 0 Å². The SMILES string of the molecule is CC=C(C)C(=O)O[C@@H]1CC[C@@H]2Cc3occ(C)c3[C@@H](OC(C)=O)[C@]2(C)[C@H]1CO. The predicted molar refractivity (Wildman–Crippen MR) is 102 cm³/mol. The van der Waals surface area contributed by atoms with E-state index in [2.05, 4.69) is 0 Å². The van der Waals surface area contributed by atoms with Crippen molar-refractivity contribution in [2.24, 2.45) is 17.3 Å². The van der Waals surface area contributed by atoms with Crippen LogP contribution in [0.4, 0.5) is 0 Å². The van der Waals surface area contributed by atoms with Crippen LogP contribution in [0.25, 0.3) is 0 Å². The zero-order valence-electron chi connectivity index (χ0n) is 17.3. The van der Waals surface area contributed by atoms with Crippen molar-refractivity contribution in [1.82, 2.24) is 0 Å². The summed E-state index contributed by atoms with van der Waals surface area (Å²) >= 11 is 0. The van der Waals surface area contributed by atoms with E-state index in [-0.39, 0.29) is 30.4 Å². The molecule has 0 radical (unpaired) electrons. The van der Waals surface area contributed by atoms with E-state index in [1.165, 1.54) is 6.92 Å². The molecule has 0 amide bonds. The van der Waals surface area contributed by atoms with Crippen LogP contribution in [0.2, 0.25) is 0 Å². The van der Waals surface area contributed by atoms with Gasteiger partial charge in [-0.1, -0.05) is 13.0 Å². The Balaban J connectivity index is 2.02. The summed E-state index contributed by atoms with van der Waals surface area (Å²) in [6.07, 6.45) is 4.63. The summed E-state index contributed by atoms with van der Waals surface area (Å²) in [6.45, 7) is 8.73. The summed E-state index contributed by atoms with van der Waals surface area (Å²) in [5.74, 6) is -0.0772. The number of ether oxygens (including phenoxy) is 2. The number of aryl methyl sites for hydroxylation is 1. The van der Waals surface area contributed by atoms with Gasteiger partial charge in [0.15, 0.2) is 0 Å². The molecule has 0 saturated heterocycles. The Morgan fingerprint density at radius 3 is 2.64 bits per heavy atom. The number of furan rings is 1. The highest BCUT2D eigenvalue weighted by molar-refractivity contribution is 5.87. The number of rotatable bonds is 4. The minimum Gasteiger partial charge on any atom is -0.469 e. The second-order valence-electron chi connectivity index (χ2n) is 8.29. The van der Waals surface area contributed by atoms with Gasteiger partial charge in [-0.25, -0.2) is 4.79 Å². The van der Waals surface area contributed by atoms with Crippen molar-refractivity contribution in [2.45, 2.75) is 66.1 Å². The average molecular weight is 390 g/mol. The summed E-state index contributed by atoms with van der Waals surface area (Å²) in [4.78, 5) is 24.3. The molecule has 1 fully saturated rings. The Hall–Kier alpha value is -2.08. The van der Waals surface area contributed by atoms with Crippen LogP contribution in [-0.4, -0.2) is 29.8 Å². The molecule has 154 valence electrons. The lowest BCUT2D eigenvalue weighted by Crippen LogP contribution is -2.55. The molecule has 1 aromatic rings. The zero-order chi connectivity index (χ0) is 20.6. The van der Waals surface area contributed by atoms with E-state index in [0.29, 0.717) is 12.0 Å². The minimum absolute atomic E-state index is 0.149. The Morgan fingerprint density at radius 1 is 1.32 bits per heavy atom. The number of hydrogen-bond donors (Lipinski definition) is 1. The number of carbonyl (C=O) groups is 2. The van der Waals surface area contributed by atoms with Gasteiger partial charge in [0.25, 0.3) is 0 Å². The van der Waals surface area contributed by atoms with Crippen LogP contribution in [0.1, 0.15) is 63.5 Å². The van der Waals surface area contributed by atoms with Gasteiger partial charge in [0.05, 0.1) is 12.9 Å². The van der Waals surface area contributed by atoms with Crippen molar-refractivity contribution >= 4 is 11.9 Å². The summed E-state index contributed by atoms with van der Waals surface area (Å²) in [6, 6.07) is 0. The van der Waals surface area contributed by atoms with Crippen LogP contribution in [-0.2, 0) is 25.5 Å². The van der Waals surface area contributed by atoms with E-state index >= 15 is 0 Å². The van der Waals surface area contributed by atoms with Crippen molar-refractivity contribution in [3.63, 3.8) is 0 Å². The van der Waals surface area contributed by atoms with Gasteiger partial charge in [-0.15, -0.1) is 0 Å². The van der Waals surface area contributed by atoms with Crippen LogP contribution in [0, 0.1) is 24.2 Å². The molecule has 0 unspecified atom stereocenters. The zero-order valence-corrected chi connectivity index (χ0v) is 17.3. The maximum Gasteiger partial charge on any atom is 0.333 e. The lowest BCUT2D eigenvalue weighted by Gasteiger charge is -2.55. The number of hydrogen-bond acceptors (Lipinski definition) is 6. The topological polar surface area (TPSA) is 86.0 Å². The van der Waals surface area contributed by atoms with Gasteiger partial charge >= 0.3 is 11.9 Å². The Morgan fingerprint density at radius 2 is 2.04 bits per heavy atom. The maximum atomic E-state index is 12.4. The molecule has 0 spiro atoms. The van der Waals surface area contributed by atoms with E-state index in [0.717, 1.165) is 29.7 Å². The van der Waals surface area contributed by atoms with E-state index in [9.17, 15) is 14.7 Å². The maximum absolute atomic E-state index is 12.4. The van der Waals surface area contributed by atoms with Crippen LogP contribution in [0.15, 0.2) is 22.3 Å². The molecule has 0 aliphatic heterocycles. The van der Waals surface area contributed by atoms with Crippen LogP contribution in [0.3, 0.4) is 0 Å². The standard InChI is InChI=1S/C22H30O6/c1-6-12(2)21(25)28-17-8-7-15-9-18-19(13(3)11-26-18)20(27-14(4)24)22(15,5)16(17)10-23/h6,11,15-17,20,23H,7-10H2,1-5H3/t15-,16+,17-,20-,22+/m1/s1. The molecule has 1 aromatic heterocycles. The predicted octanol–water partition coefficient (Wildman–Crippen LogP) is 3.65. The molecular formula is C22H30O6. The van der Waals surface area contributed by atoms with Gasteiger partial charge in [-0.2, -0.15) is 0 Å². The number of esters is 2. The third-order valence-electron chi connectivity index (χ3n) is 6.78. The molecule has 28 heavy (non-hydrogen) atoms. The second kappa shape index (κ2) is 7.74. The van der Waals surface area contributed by atoms with E-state index in [1.54, 1.807) is 26.2 Å². The van der Waals surface area contributed by atoms with Gasteiger partial charge in [0, 0.05) is 35.8 Å². The number of fused-ring (bicyclic) bond motifs is 2. The Labute approximate surface area is 165 Å². The Kier molecular flexibility index (Phi) is 5.71. The third-order valence-corrected chi connectivity index (χ3v) is 6.78. The van der Waals surface area contributed by atoms with Gasteiger partial charge in [-0.05, 0) is 45.1 Å². The molecule has 2 aliphatic rings.